The first kappa shape index (κ1) is 22.3. The van der Waals surface area contributed by atoms with Crippen molar-refractivity contribution in [1.82, 2.24) is 0 Å². The highest BCUT2D eigenvalue weighted by atomic mass is 16.5. The van der Waals surface area contributed by atoms with E-state index in [-0.39, 0.29) is 41.0 Å². The first-order valence-electron chi connectivity index (χ1n) is 11.5. The summed E-state index contributed by atoms with van der Waals surface area (Å²) in [7, 11) is 0. The van der Waals surface area contributed by atoms with Gasteiger partial charge in [0.2, 0.25) is 0 Å². The predicted molar refractivity (Wildman–Crippen MR) is 120 cm³/mol. The standard InChI is InChI=1S/C26H36O5/c1-15-6-9-21-24(3,4)22(30)10-11-25(21,5)26(15)13-19-20(29)12-17(14-27)18(23(19)31-26)8-7-16(2)28/h7-8,12,15,21-22,27,29-30H,6,9-11,13-14H2,1-5H3/b8-7+/t15-,21?,22?,25+,26?/m1/s1. The number of aromatic hydroxyl groups is 1. The number of hydrogen-bond donors (Lipinski definition) is 3. The maximum absolute atomic E-state index is 11.6. The number of ketones is 1. The molecule has 3 aliphatic rings. The molecule has 3 N–H and O–H groups in total. The van der Waals surface area contributed by atoms with Crippen LogP contribution in [0.5, 0.6) is 11.5 Å². The lowest BCUT2D eigenvalue weighted by Gasteiger charge is -2.64. The number of rotatable bonds is 3. The van der Waals surface area contributed by atoms with Crippen molar-refractivity contribution in [2.24, 2.45) is 22.7 Å². The Morgan fingerprint density at radius 1 is 1.26 bits per heavy atom. The van der Waals surface area contributed by atoms with Gasteiger partial charge in [-0.05, 0) is 73.6 Å². The number of ether oxygens (including phenoxy) is 1. The highest BCUT2D eigenvalue weighted by Gasteiger charge is 2.67. The molecule has 2 fully saturated rings. The molecule has 1 aliphatic heterocycles. The van der Waals surface area contributed by atoms with Gasteiger partial charge in [0.15, 0.2) is 5.78 Å². The summed E-state index contributed by atoms with van der Waals surface area (Å²) in [6.45, 7) is 10.1. The van der Waals surface area contributed by atoms with Crippen LogP contribution in [0.2, 0.25) is 0 Å². The normalized spacial score (nSPS) is 36.3. The van der Waals surface area contributed by atoms with Crippen molar-refractivity contribution in [2.75, 3.05) is 0 Å². The first-order chi connectivity index (χ1) is 14.5. The van der Waals surface area contributed by atoms with Crippen LogP contribution in [0, 0.1) is 22.7 Å². The van der Waals surface area contributed by atoms with Crippen LogP contribution in [-0.4, -0.2) is 32.8 Å². The van der Waals surface area contributed by atoms with Crippen molar-refractivity contribution in [2.45, 2.75) is 85.0 Å². The van der Waals surface area contributed by atoms with Crippen LogP contribution in [0.15, 0.2) is 12.1 Å². The molecule has 4 rings (SSSR count). The number of hydrogen-bond acceptors (Lipinski definition) is 5. The molecular formula is C26H36O5. The van der Waals surface area contributed by atoms with Gasteiger partial charge in [-0.3, -0.25) is 4.79 Å². The second-order valence-corrected chi connectivity index (χ2v) is 10.9. The minimum Gasteiger partial charge on any atom is -0.508 e. The average Bonchev–Trinajstić information content (AvgIpc) is 3.11. The third-order valence-corrected chi connectivity index (χ3v) is 8.98. The van der Waals surface area contributed by atoms with Gasteiger partial charge in [0.25, 0.3) is 0 Å². The van der Waals surface area contributed by atoms with Crippen LogP contribution in [0.4, 0.5) is 0 Å². The molecule has 1 spiro atoms. The molecule has 1 heterocycles. The Bertz CT molecular complexity index is 932. The van der Waals surface area contributed by atoms with Crippen LogP contribution in [-0.2, 0) is 17.8 Å². The van der Waals surface area contributed by atoms with E-state index in [0.29, 0.717) is 29.2 Å². The number of allylic oxidation sites excluding steroid dienone is 1. The van der Waals surface area contributed by atoms with Gasteiger partial charge in [0, 0.05) is 23.0 Å². The molecule has 5 heteroatoms. The number of aliphatic hydroxyl groups is 2. The third-order valence-electron chi connectivity index (χ3n) is 8.98. The Morgan fingerprint density at radius 2 is 1.97 bits per heavy atom. The molecule has 0 bridgehead atoms. The van der Waals surface area contributed by atoms with Gasteiger partial charge in [-0.1, -0.05) is 27.7 Å². The monoisotopic (exact) mass is 428 g/mol. The van der Waals surface area contributed by atoms with Crippen LogP contribution >= 0.6 is 0 Å². The fourth-order valence-electron chi connectivity index (χ4n) is 7.08. The Kier molecular flexibility index (Phi) is 5.30. The summed E-state index contributed by atoms with van der Waals surface area (Å²) in [5, 5.41) is 31.6. The molecule has 0 amide bonds. The largest absolute Gasteiger partial charge is 0.508 e. The lowest BCUT2D eigenvalue weighted by atomic mass is 9.43. The maximum atomic E-state index is 11.6. The summed E-state index contributed by atoms with van der Waals surface area (Å²) in [6.07, 6.45) is 7.10. The lowest BCUT2D eigenvalue weighted by Crippen LogP contribution is -2.66. The van der Waals surface area contributed by atoms with Gasteiger partial charge in [-0.25, -0.2) is 0 Å². The minimum atomic E-state index is -0.500. The molecule has 0 saturated heterocycles. The summed E-state index contributed by atoms with van der Waals surface area (Å²) in [6, 6.07) is 1.60. The van der Waals surface area contributed by atoms with E-state index in [0.717, 1.165) is 31.2 Å². The summed E-state index contributed by atoms with van der Waals surface area (Å²) < 4.78 is 6.92. The highest BCUT2D eigenvalue weighted by Crippen LogP contribution is 2.67. The van der Waals surface area contributed by atoms with Crippen molar-refractivity contribution in [3.63, 3.8) is 0 Å². The smallest absolute Gasteiger partial charge is 0.152 e. The number of phenolic OH excluding ortho intramolecular Hbond substituents is 1. The van der Waals surface area contributed by atoms with Gasteiger partial charge in [0.05, 0.1) is 12.7 Å². The van der Waals surface area contributed by atoms with E-state index >= 15 is 0 Å². The van der Waals surface area contributed by atoms with Crippen molar-refractivity contribution in [3.05, 3.63) is 28.8 Å². The van der Waals surface area contributed by atoms with E-state index in [1.807, 2.05) is 0 Å². The van der Waals surface area contributed by atoms with E-state index in [4.69, 9.17) is 4.74 Å². The second-order valence-electron chi connectivity index (χ2n) is 10.9. The predicted octanol–water partition coefficient (Wildman–Crippen LogP) is 4.39. The molecule has 1 aromatic carbocycles. The van der Waals surface area contributed by atoms with Gasteiger partial charge < -0.3 is 20.1 Å². The fraction of sp³-hybridized carbons (Fsp3) is 0.654. The number of fused-ring (bicyclic) bond motifs is 3. The van der Waals surface area contributed by atoms with Crippen molar-refractivity contribution in [1.29, 1.82) is 0 Å². The summed E-state index contributed by atoms with van der Waals surface area (Å²) in [5.41, 5.74) is 1.11. The van der Waals surface area contributed by atoms with E-state index in [2.05, 4.69) is 27.7 Å². The van der Waals surface area contributed by atoms with Crippen molar-refractivity contribution in [3.8, 4) is 11.5 Å². The van der Waals surface area contributed by atoms with Crippen LogP contribution in [0.3, 0.4) is 0 Å². The average molecular weight is 429 g/mol. The van der Waals surface area contributed by atoms with Crippen LogP contribution < -0.4 is 4.74 Å². The number of phenols is 1. The van der Waals surface area contributed by atoms with Gasteiger partial charge in [0.1, 0.15) is 17.1 Å². The zero-order valence-electron chi connectivity index (χ0n) is 19.4. The highest BCUT2D eigenvalue weighted by molar-refractivity contribution is 5.92. The molecule has 5 atom stereocenters. The van der Waals surface area contributed by atoms with Crippen LogP contribution in [0.25, 0.3) is 6.08 Å². The van der Waals surface area contributed by atoms with Crippen molar-refractivity contribution < 1.29 is 24.9 Å². The van der Waals surface area contributed by atoms with Gasteiger partial charge >= 0.3 is 0 Å². The zero-order chi connectivity index (χ0) is 22.8. The Balaban J connectivity index is 1.87. The molecule has 1 aromatic rings. The molecule has 3 unspecified atom stereocenters. The Morgan fingerprint density at radius 3 is 2.61 bits per heavy atom. The Labute approximate surface area is 185 Å². The van der Waals surface area contributed by atoms with E-state index < -0.39 is 5.60 Å². The number of carbonyl (C=O) groups is 1. The first-order valence-corrected chi connectivity index (χ1v) is 11.5. The minimum absolute atomic E-state index is 0.0838. The zero-order valence-corrected chi connectivity index (χ0v) is 19.4. The third kappa shape index (κ3) is 3.07. The molecular weight excluding hydrogens is 392 g/mol. The number of benzene rings is 1. The Hall–Kier alpha value is -1.85. The molecule has 170 valence electrons. The van der Waals surface area contributed by atoms with Gasteiger partial charge in [-0.15, -0.1) is 0 Å². The SMILES string of the molecule is CC(=O)/C=C/c1c(CO)cc(O)c2c1OC1(C2)[C@H](C)CCC2C(C)(C)C(O)CC[C@@]21C. The quantitative estimate of drug-likeness (QED) is 0.622. The fourth-order valence-corrected chi connectivity index (χ4v) is 7.08. The molecule has 31 heavy (non-hydrogen) atoms. The maximum Gasteiger partial charge on any atom is 0.152 e. The van der Waals surface area contributed by atoms with Crippen molar-refractivity contribution >= 4 is 11.9 Å². The second kappa shape index (κ2) is 7.35. The topological polar surface area (TPSA) is 87.0 Å². The van der Waals surface area contributed by atoms with Gasteiger partial charge in [-0.2, -0.15) is 0 Å². The van der Waals surface area contributed by atoms with E-state index in [1.54, 1.807) is 12.1 Å². The molecule has 0 radical (unpaired) electrons. The number of carbonyl (C=O) groups excluding carboxylic acids is 1. The molecule has 2 saturated carbocycles. The summed E-state index contributed by atoms with van der Waals surface area (Å²) >= 11 is 0. The summed E-state index contributed by atoms with van der Waals surface area (Å²) in [5.74, 6) is 1.22. The number of aliphatic hydroxyl groups excluding tert-OH is 2. The van der Waals surface area contributed by atoms with E-state index in [1.165, 1.54) is 13.0 Å². The lowest BCUT2D eigenvalue weighted by molar-refractivity contribution is -0.210. The summed E-state index contributed by atoms with van der Waals surface area (Å²) in [4.78, 5) is 11.6. The molecule has 5 nitrogen and oxygen atoms in total. The van der Waals surface area contributed by atoms with E-state index in [9.17, 15) is 20.1 Å². The van der Waals surface area contributed by atoms with Crippen LogP contribution in [0.1, 0.15) is 77.0 Å². The molecule has 2 aliphatic carbocycles. The molecule has 0 aromatic heterocycles.